The topological polar surface area (TPSA) is 201 Å². The zero-order valence-electron chi connectivity index (χ0n) is 21.6. The van der Waals surface area contributed by atoms with Gasteiger partial charge in [-0.25, -0.2) is 24.5 Å². The maximum Gasteiger partial charge on any atom is 0.407 e. The third-order valence-electron chi connectivity index (χ3n) is 6.62. The van der Waals surface area contributed by atoms with E-state index in [2.05, 4.69) is 25.6 Å². The number of phenolic OH excluding ortho intramolecular Hbond substituents is 1. The molecule has 1 aliphatic heterocycles. The summed E-state index contributed by atoms with van der Waals surface area (Å²) < 4.78 is 12.4. The summed E-state index contributed by atoms with van der Waals surface area (Å²) in [6.07, 6.45) is -3.28. The molecule has 14 heteroatoms. The second-order valence-electron chi connectivity index (χ2n) is 9.44. The maximum absolute atomic E-state index is 12.3. The number of hydrogen-bond donors (Lipinski definition) is 6. The third kappa shape index (κ3) is 6.35. The Morgan fingerprint density at radius 3 is 2.49 bits per heavy atom. The molecule has 3 heterocycles. The Hall–Kier alpha value is -4.79. The van der Waals surface area contributed by atoms with Gasteiger partial charge in [0.1, 0.15) is 43.0 Å². The van der Waals surface area contributed by atoms with Crippen molar-refractivity contribution in [2.75, 3.05) is 11.9 Å². The standard InChI is InChI=1S/C27H28N6O8/c34-17-8-6-16(7-9-17)11-28-23-20-24(30-13-29-23)33(14-31-20)25-22(36)21(35)19(41-25)12-40-27(39)32-18(26(37)38)10-15-4-2-1-3-5-15/h1-9,13-14,18-19,21-22,25,34-36H,10-12H2,(H,32,39)(H,37,38)(H,28,29,30)/t18-,19+,21?,22-,25+/m0/s1. The van der Waals surface area contributed by atoms with Crippen LogP contribution in [0.4, 0.5) is 10.6 Å². The summed E-state index contributed by atoms with van der Waals surface area (Å²) in [4.78, 5) is 36.8. The van der Waals surface area contributed by atoms with Crippen LogP contribution in [-0.4, -0.2) is 83.0 Å². The minimum Gasteiger partial charge on any atom is -0.508 e. The molecule has 4 aromatic rings. The van der Waals surface area contributed by atoms with E-state index in [-0.39, 0.29) is 12.2 Å². The van der Waals surface area contributed by atoms with Gasteiger partial charge >= 0.3 is 12.1 Å². The van der Waals surface area contributed by atoms with E-state index >= 15 is 0 Å². The fourth-order valence-electron chi connectivity index (χ4n) is 4.46. The Labute approximate surface area is 233 Å². The summed E-state index contributed by atoms with van der Waals surface area (Å²) in [7, 11) is 0. The lowest BCUT2D eigenvalue weighted by Crippen LogP contribution is -2.44. The zero-order chi connectivity index (χ0) is 28.9. The number of rotatable bonds is 10. The Morgan fingerprint density at radius 2 is 1.76 bits per heavy atom. The lowest BCUT2D eigenvalue weighted by Gasteiger charge is -2.18. The molecule has 0 saturated carbocycles. The molecule has 1 saturated heterocycles. The summed E-state index contributed by atoms with van der Waals surface area (Å²) in [5.74, 6) is -0.648. The smallest absolute Gasteiger partial charge is 0.407 e. The number of anilines is 1. The number of aromatic nitrogens is 4. The van der Waals surface area contributed by atoms with Crippen LogP contribution in [0.15, 0.2) is 67.3 Å². The molecule has 5 rings (SSSR count). The summed E-state index contributed by atoms with van der Waals surface area (Å²) in [5.41, 5.74) is 2.34. The molecule has 2 aromatic heterocycles. The number of amides is 1. The Balaban J connectivity index is 1.21. The van der Waals surface area contributed by atoms with Gasteiger partial charge in [-0.1, -0.05) is 42.5 Å². The van der Waals surface area contributed by atoms with Gasteiger partial charge < -0.3 is 40.5 Å². The van der Waals surface area contributed by atoms with E-state index in [0.717, 1.165) is 11.1 Å². The first kappa shape index (κ1) is 27.8. The van der Waals surface area contributed by atoms with Crippen LogP contribution in [0.3, 0.4) is 0 Å². The Morgan fingerprint density at radius 1 is 1.00 bits per heavy atom. The van der Waals surface area contributed by atoms with Gasteiger partial charge in [0, 0.05) is 13.0 Å². The van der Waals surface area contributed by atoms with Crippen molar-refractivity contribution in [3.63, 3.8) is 0 Å². The van der Waals surface area contributed by atoms with E-state index in [4.69, 9.17) is 9.47 Å². The molecule has 5 atom stereocenters. The number of carbonyl (C=O) groups excluding carboxylic acids is 1. The highest BCUT2D eigenvalue weighted by molar-refractivity contribution is 5.82. The highest BCUT2D eigenvalue weighted by Crippen LogP contribution is 2.32. The van der Waals surface area contributed by atoms with Crippen molar-refractivity contribution >= 4 is 29.0 Å². The molecule has 2 aromatic carbocycles. The Bertz CT molecular complexity index is 1500. The number of aromatic hydroxyl groups is 1. The largest absolute Gasteiger partial charge is 0.508 e. The van der Waals surface area contributed by atoms with E-state index in [1.807, 2.05) is 0 Å². The summed E-state index contributed by atoms with van der Waals surface area (Å²) >= 11 is 0. The molecule has 0 radical (unpaired) electrons. The van der Waals surface area contributed by atoms with Crippen molar-refractivity contribution in [1.29, 1.82) is 0 Å². The molecule has 14 nitrogen and oxygen atoms in total. The SMILES string of the molecule is O=C(N[C@@H](Cc1ccccc1)C(=O)O)OC[C@H]1O[C@@H](n2cnc3c(NCc4ccc(O)cc4)ncnc32)[C@@H](O)C1O. The maximum atomic E-state index is 12.3. The lowest BCUT2D eigenvalue weighted by atomic mass is 10.1. The summed E-state index contributed by atoms with van der Waals surface area (Å²) in [6, 6.07) is 14.2. The number of imidazole rings is 1. The molecule has 1 unspecified atom stereocenters. The monoisotopic (exact) mass is 564 g/mol. The highest BCUT2D eigenvalue weighted by atomic mass is 16.6. The van der Waals surface area contributed by atoms with Crippen LogP contribution in [0.5, 0.6) is 5.75 Å². The van der Waals surface area contributed by atoms with Crippen LogP contribution in [0.2, 0.25) is 0 Å². The molecule has 0 aliphatic carbocycles. The number of hydrogen-bond acceptors (Lipinski definition) is 11. The predicted octanol–water partition coefficient (Wildman–Crippen LogP) is 1.19. The first-order valence-electron chi connectivity index (χ1n) is 12.7. The van der Waals surface area contributed by atoms with Crippen molar-refractivity contribution in [3.05, 3.63) is 78.4 Å². The number of carbonyl (C=O) groups is 2. The van der Waals surface area contributed by atoms with Gasteiger partial charge in [0.2, 0.25) is 0 Å². The molecule has 1 amide bonds. The number of aliphatic hydroxyl groups excluding tert-OH is 2. The van der Waals surface area contributed by atoms with Gasteiger partial charge in [0.25, 0.3) is 0 Å². The van der Waals surface area contributed by atoms with Gasteiger partial charge in [-0.05, 0) is 23.3 Å². The number of nitrogens with one attached hydrogen (secondary N) is 2. The summed E-state index contributed by atoms with van der Waals surface area (Å²) in [6.45, 7) is -0.0463. The van der Waals surface area contributed by atoms with Crippen LogP contribution >= 0.6 is 0 Å². The van der Waals surface area contributed by atoms with Gasteiger partial charge in [-0.15, -0.1) is 0 Å². The van der Waals surface area contributed by atoms with Crippen molar-refractivity contribution in [3.8, 4) is 5.75 Å². The number of carboxylic acids is 1. The first-order chi connectivity index (χ1) is 19.8. The molecular formula is C27H28N6O8. The average Bonchev–Trinajstić information content (AvgIpc) is 3.52. The fourth-order valence-corrected chi connectivity index (χ4v) is 4.46. The Kier molecular flexibility index (Phi) is 8.24. The average molecular weight is 565 g/mol. The van der Waals surface area contributed by atoms with E-state index in [9.17, 15) is 30.0 Å². The number of carboxylic acid groups (broad SMARTS) is 1. The van der Waals surface area contributed by atoms with Gasteiger partial charge in [0.15, 0.2) is 23.2 Å². The number of aliphatic hydroxyl groups is 2. The summed E-state index contributed by atoms with van der Waals surface area (Å²) in [5, 5.41) is 45.7. The van der Waals surface area contributed by atoms with Gasteiger partial charge in [0.05, 0.1) is 6.33 Å². The first-order valence-corrected chi connectivity index (χ1v) is 12.7. The number of ether oxygens (including phenoxy) is 2. The lowest BCUT2D eigenvalue weighted by molar-refractivity contribution is -0.139. The van der Waals surface area contributed by atoms with Crippen LogP contribution < -0.4 is 10.6 Å². The number of aliphatic carboxylic acids is 1. The van der Waals surface area contributed by atoms with Crippen LogP contribution in [0.1, 0.15) is 17.4 Å². The molecule has 1 aliphatic rings. The molecule has 0 spiro atoms. The number of alkyl carbamates (subject to hydrolysis) is 1. The normalized spacial score (nSPS) is 20.9. The second kappa shape index (κ2) is 12.2. The molecule has 0 bridgehead atoms. The van der Waals surface area contributed by atoms with E-state index in [1.165, 1.54) is 17.2 Å². The van der Waals surface area contributed by atoms with Crippen molar-refractivity contribution in [2.24, 2.45) is 0 Å². The van der Waals surface area contributed by atoms with Crippen molar-refractivity contribution < 1.29 is 39.5 Å². The van der Waals surface area contributed by atoms with Gasteiger partial charge in [-0.2, -0.15) is 0 Å². The van der Waals surface area contributed by atoms with Crippen molar-refractivity contribution in [2.45, 2.75) is 43.5 Å². The minimum absolute atomic E-state index is 0.0515. The van der Waals surface area contributed by atoms with Crippen LogP contribution in [-0.2, 0) is 27.2 Å². The number of nitrogens with zero attached hydrogens (tertiary/aromatic N) is 4. The number of benzene rings is 2. The van der Waals surface area contributed by atoms with E-state index in [0.29, 0.717) is 23.5 Å². The quantitative estimate of drug-likeness (QED) is 0.161. The van der Waals surface area contributed by atoms with Crippen molar-refractivity contribution in [1.82, 2.24) is 24.8 Å². The molecule has 6 N–H and O–H groups in total. The van der Waals surface area contributed by atoms with Crippen LogP contribution in [0.25, 0.3) is 11.2 Å². The highest BCUT2D eigenvalue weighted by Gasteiger charge is 2.45. The molecule has 41 heavy (non-hydrogen) atoms. The van der Waals surface area contributed by atoms with Crippen LogP contribution in [0, 0.1) is 0 Å². The minimum atomic E-state index is -1.42. The molecule has 214 valence electrons. The predicted molar refractivity (Wildman–Crippen MR) is 143 cm³/mol. The zero-order valence-corrected chi connectivity index (χ0v) is 21.6. The second-order valence-corrected chi connectivity index (χ2v) is 9.44. The fraction of sp³-hybridized carbons (Fsp3) is 0.296. The number of phenols is 1. The van der Waals surface area contributed by atoms with E-state index in [1.54, 1.807) is 54.6 Å². The third-order valence-corrected chi connectivity index (χ3v) is 6.62. The molecule has 1 fully saturated rings. The number of fused-ring (bicyclic) bond motifs is 1. The molecular weight excluding hydrogens is 536 g/mol. The van der Waals surface area contributed by atoms with Gasteiger partial charge in [-0.3, -0.25) is 4.57 Å². The van der Waals surface area contributed by atoms with E-state index < -0.39 is 49.3 Å².